The number of halogens is 1. The summed E-state index contributed by atoms with van der Waals surface area (Å²) in [5, 5.41) is 4.02. The third-order valence-corrected chi connectivity index (χ3v) is 2.00. The molecular formula is C12H19ClN4O. The van der Waals surface area contributed by atoms with Crippen molar-refractivity contribution < 1.29 is 21.7 Å². The minimum absolute atomic E-state index is 0. The predicted octanol–water partition coefficient (Wildman–Crippen LogP) is -2.37. The van der Waals surface area contributed by atoms with Crippen molar-refractivity contribution in [1.29, 1.82) is 0 Å². The first-order chi connectivity index (χ1) is 7.88. The third kappa shape index (κ3) is 6.32. The number of carbonyl (C=O) groups is 1. The molecule has 1 aromatic heterocycles. The maximum absolute atomic E-state index is 11.5. The number of hydrogen-bond acceptors (Lipinski definition) is 3. The van der Waals surface area contributed by atoms with Crippen molar-refractivity contribution in [3.8, 4) is 0 Å². The van der Waals surface area contributed by atoms with Crippen molar-refractivity contribution in [2.75, 3.05) is 27.7 Å². The Bertz CT molecular complexity index is 412. The van der Waals surface area contributed by atoms with Gasteiger partial charge in [-0.1, -0.05) is 6.07 Å². The standard InChI is InChI=1S/C12H18N4O.ClH/c1-10(11-7-5-6-8-13-11)14-15-12(17)9-16(2,3)4;/h5-8H,9H2,1-4H3;1H. The summed E-state index contributed by atoms with van der Waals surface area (Å²) in [6, 6.07) is 5.58. The van der Waals surface area contributed by atoms with E-state index in [2.05, 4.69) is 15.5 Å². The normalized spacial score (nSPS) is 11.7. The fourth-order valence-electron chi connectivity index (χ4n) is 1.25. The number of quaternary nitrogens is 1. The Balaban J connectivity index is 0.00000289. The molecule has 1 N–H and O–H groups in total. The highest BCUT2D eigenvalue weighted by molar-refractivity contribution is 5.97. The minimum Gasteiger partial charge on any atom is -1.00 e. The van der Waals surface area contributed by atoms with Crippen LogP contribution in [0.25, 0.3) is 0 Å². The lowest BCUT2D eigenvalue weighted by Crippen LogP contribution is -3.00. The van der Waals surface area contributed by atoms with Crippen molar-refractivity contribution in [2.45, 2.75) is 6.92 Å². The van der Waals surface area contributed by atoms with Gasteiger partial charge in [-0.25, -0.2) is 5.43 Å². The molecule has 18 heavy (non-hydrogen) atoms. The van der Waals surface area contributed by atoms with Crippen LogP contribution in [0.4, 0.5) is 0 Å². The van der Waals surface area contributed by atoms with E-state index < -0.39 is 0 Å². The van der Waals surface area contributed by atoms with Crippen LogP contribution in [0.3, 0.4) is 0 Å². The molecule has 0 aromatic carbocycles. The van der Waals surface area contributed by atoms with Gasteiger partial charge in [-0.15, -0.1) is 0 Å². The molecule has 0 aliphatic heterocycles. The Hall–Kier alpha value is -1.46. The van der Waals surface area contributed by atoms with Crippen LogP contribution in [-0.2, 0) is 4.79 Å². The zero-order valence-electron chi connectivity index (χ0n) is 11.1. The van der Waals surface area contributed by atoms with Gasteiger partial charge in [0, 0.05) is 6.20 Å². The van der Waals surface area contributed by atoms with Gasteiger partial charge in [0.25, 0.3) is 5.91 Å². The molecule has 0 radical (unpaired) electrons. The van der Waals surface area contributed by atoms with Crippen LogP contribution in [0.2, 0.25) is 0 Å². The van der Waals surface area contributed by atoms with Gasteiger partial charge in [0.1, 0.15) is 0 Å². The molecule has 1 aromatic rings. The molecule has 0 unspecified atom stereocenters. The summed E-state index contributed by atoms with van der Waals surface area (Å²) < 4.78 is 0.573. The van der Waals surface area contributed by atoms with Crippen molar-refractivity contribution in [1.82, 2.24) is 10.4 Å². The first kappa shape index (κ1) is 16.5. The number of pyridine rings is 1. The number of rotatable bonds is 4. The van der Waals surface area contributed by atoms with Gasteiger partial charge in [0.2, 0.25) is 0 Å². The van der Waals surface area contributed by atoms with Crippen LogP contribution < -0.4 is 17.8 Å². The Morgan fingerprint density at radius 1 is 1.39 bits per heavy atom. The summed E-state index contributed by atoms with van der Waals surface area (Å²) in [6.07, 6.45) is 1.70. The van der Waals surface area contributed by atoms with Crippen LogP contribution in [0.1, 0.15) is 12.6 Å². The average Bonchev–Trinajstić information content (AvgIpc) is 2.25. The van der Waals surface area contributed by atoms with Crippen LogP contribution in [0.5, 0.6) is 0 Å². The van der Waals surface area contributed by atoms with Crippen LogP contribution in [0, 0.1) is 0 Å². The highest BCUT2D eigenvalue weighted by atomic mass is 35.5. The van der Waals surface area contributed by atoms with Crippen LogP contribution in [0.15, 0.2) is 29.5 Å². The van der Waals surface area contributed by atoms with Gasteiger partial charge in [-0.2, -0.15) is 5.10 Å². The molecule has 0 aliphatic carbocycles. The average molecular weight is 271 g/mol. The van der Waals surface area contributed by atoms with Crippen molar-refractivity contribution in [3.05, 3.63) is 30.1 Å². The summed E-state index contributed by atoms with van der Waals surface area (Å²) in [5.74, 6) is -0.104. The molecule has 1 rings (SSSR count). The maximum Gasteiger partial charge on any atom is 0.295 e. The smallest absolute Gasteiger partial charge is 0.295 e. The van der Waals surface area contributed by atoms with Gasteiger partial charge in [-0.05, 0) is 19.1 Å². The minimum atomic E-state index is -0.104. The van der Waals surface area contributed by atoms with E-state index in [-0.39, 0.29) is 18.3 Å². The fraction of sp³-hybridized carbons (Fsp3) is 0.417. The Morgan fingerprint density at radius 3 is 2.56 bits per heavy atom. The third-order valence-electron chi connectivity index (χ3n) is 2.00. The second-order valence-corrected chi connectivity index (χ2v) is 4.90. The molecule has 0 saturated heterocycles. The molecule has 0 fully saturated rings. The van der Waals surface area contributed by atoms with Crippen molar-refractivity contribution in [3.63, 3.8) is 0 Å². The van der Waals surface area contributed by atoms with Crippen LogP contribution >= 0.6 is 0 Å². The quantitative estimate of drug-likeness (QED) is 0.378. The van der Waals surface area contributed by atoms with Crippen LogP contribution in [-0.4, -0.2) is 48.8 Å². The molecule has 5 nitrogen and oxygen atoms in total. The van der Waals surface area contributed by atoms with E-state index in [1.165, 1.54) is 0 Å². The monoisotopic (exact) mass is 270 g/mol. The summed E-state index contributed by atoms with van der Waals surface area (Å²) in [4.78, 5) is 15.7. The van der Waals surface area contributed by atoms with Gasteiger partial charge < -0.3 is 16.9 Å². The molecule has 0 saturated carbocycles. The van der Waals surface area contributed by atoms with E-state index >= 15 is 0 Å². The second-order valence-electron chi connectivity index (χ2n) is 4.90. The maximum atomic E-state index is 11.5. The highest BCUT2D eigenvalue weighted by Gasteiger charge is 2.13. The van der Waals surface area contributed by atoms with Gasteiger partial charge in [0.15, 0.2) is 6.54 Å². The lowest BCUT2D eigenvalue weighted by atomic mass is 10.3. The number of amides is 1. The molecule has 1 heterocycles. The lowest BCUT2D eigenvalue weighted by Gasteiger charge is -2.22. The van der Waals surface area contributed by atoms with Gasteiger partial charge >= 0.3 is 0 Å². The summed E-state index contributed by atoms with van der Waals surface area (Å²) >= 11 is 0. The zero-order valence-corrected chi connectivity index (χ0v) is 11.9. The number of hydrazone groups is 1. The van der Waals surface area contributed by atoms with Gasteiger partial charge in [-0.3, -0.25) is 9.78 Å². The highest BCUT2D eigenvalue weighted by Crippen LogP contribution is 1.95. The molecule has 1 amide bonds. The number of aromatic nitrogens is 1. The molecule has 100 valence electrons. The molecule has 6 heteroatoms. The first-order valence-corrected chi connectivity index (χ1v) is 5.43. The summed E-state index contributed by atoms with van der Waals surface area (Å²) in [5.41, 5.74) is 3.99. The SMILES string of the molecule is C/C(=N\NC(=O)C[N+](C)(C)C)c1ccccn1.[Cl-]. The van der Waals surface area contributed by atoms with E-state index in [9.17, 15) is 4.79 Å². The molecule has 0 atom stereocenters. The molecule has 0 spiro atoms. The van der Waals surface area contributed by atoms with Crippen molar-refractivity contribution >= 4 is 11.6 Å². The van der Waals surface area contributed by atoms with E-state index in [1.54, 1.807) is 6.20 Å². The number of hydrogen-bond donors (Lipinski definition) is 1. The van der Waals surface area contributed by atoms with E-state index in [0.29, 0.717) is 16.7 Å². The number of likely N-dealkylation sites (N-methyl/N-ethyl adjacent to an activating group) is 1. The molecular weight excluding hydrogens is 252 g/mol. The van der Waals surface area contributed by atoms with Crippen molar-refractivity contribution in [2.24, 2.45) is 5.10 Å². The number of carbonyl (C=O) groups excluding carboxylic acids is 1. The fourth-order valence-corrected chi connectivity index (χ4v) is 1.25. The summed E-state index contributed by atoms with van der Waals surface area (Å²) in [7, 11) is 5.86. The van der Waals surface area contributed by atoms with E-state index in [0.717, 1.165) is 5.69 Å². The summed E-state index contributed by atoms with van der Waals surface area (Å²) in [6.45, 7) is 2.20. The van der Waals surface area contributed by atoms with E-state index in [4.69, 9.17) is 0 Å². The Labute approximate surface area is 114 Å². The van der Waals surface area contributed by atoms with E-state index in [1.807, 2.05) is 46.3 Å². The first-order valence-electron chi connectivity index (χ1n) is 5.43. The number of nitrogens with zero attached hydrogens (tertiary/aromatic N) is 3. The molecule has 0 bridgehead atoms. The van der Waals surface area contributed by atoms with Gasteiger partial charge in [0.05, 0.1) is 32.5 Å². The predicted molar refractivity (Wildman–Crippen MR) is 67.5 cm³/mol. The Kier molecular flexibility index (Phi) is 6.51. The largest absolute Gasteiger partial charge is 1.00 e. The molecule has 0 aliphatic rings. The lowest BCUT2D eigenvalue weighted by molar-refractivity contribution is -0.862. The second kappa shape index (κ2) is 7.08. The number of nitrogens with one attached hydrogen (secondary N) is 1. The topological polar surface area (TPSA) is 54.4 Å². The zero-order chi connectivity index (χ0) is 12.9. The Morgan fingerprint density at radius 2 is 2.06 bits per heavy atom.